The van der Waals surface area contributed by atoms with Gasteiger partial charge >= 0.3 is 0 Å². The normalized spacial score (nSPS) is 53.1. The van der Waals surface area contributed by atoms with Gasteiger partial charge in [-0.05, 0) is 30.6 Å². The second-order valence-electron chi connectivity index (χ2n) is 4.35. The molecule has 1 atom stereocenters. The molecular formula is C9H15I. The average Bonchev–Trinajstić information content (AvgIpc) is 1.77. The Morgan fingerprint density at radius 3 is 2.20 bits per heavy atom. The summed E-state index contributed by atoms with van der Waals surface area (Å²) < 4.78 is 0.779. The van der Waals surface area contributed by atoms with Crippen LogP contribution in [-0.2, 0) is 0 Å². The van der Waals surface area contributed by atoms with E-state index in [1.165, 1.54) is 25.7 Å². The summed E-state index contributed by atoms with van der Waals surface area (Å²) in [6.45, 7) is 4.75. The first-order valence-corrected chi connectivity index (χ1v) is 5.37. The van der Waals surface area contributed by atoms with E-state index >= 15 is 0 Å². The molecule has 0 amide bonds. The molecule has 0 aliphatic heterocycles. The highest BCUT2D eigenvalue weighted by Gasteiger charge is 2.67. The van der Waals surface area contributed by atoms with Gasteiger partial charge in [-0.25, -0.2) is 0 Å². The van der Waals surface area contributed by atoms with Gasteiger partial charge in [0, 0.05) is 3.42 Å². The molecule has 0 aromatic heterocycles. The summed E-state index contributed by atoms with van der Waals surface area (Å²) in [5.74, 6) is 0.990. The largest absolute Gasteiger partial charge is 0.0788 e. The quantitative estimate of drug-likeness (QED) is 0.520. The monoisotopic (exact) mass is 250 g/mol. The predicted molar refractivity (Wildman–Crippen MR) is 52.5 cm³/mol. The molecule has 3 saturated carbocycles. The lowest BCUT2D eigenvalue weighted by Crippen LogP contribution is -2.65. The molecule has 2 bridgehead atoms. The molecule has 0 N–H and O–H groups in total. The molecule has 58 valence electrons. The molecule has 0 radical (unpaired) electrons. The van der Waals surface area contributed by atoms with Crippen molar-refractivity contribution in [2.24, 2.45) is 11.3 Å². The Morgan fingerprint density at radius 1 is 1.40 bits per heavy atom. The van der Waals surface area contributed by atoms with Crippen LogP contribution in [0, 0.1) is 11.3 Å². The van der Waals surface area contributed by atoms with Crippen LogP contribution in [0.3, 0.4) is 0 Å². The van der Waals surface area contributed by atoms with Crippen molar-refractivity contribution in [2.45, 2.75) is 43.0 Å². The maximum Gasteiger partial charge on any atom is 0.0238 e. The Kier molecular flexibility index (Phi) is 1.41. The zero-order valence-corrected chi connectivity index (χ0v) is 8.94. The SMILES string of the molecule is CCC(C)C12CC(I)(C1)C2. The van der Waals surface area contributed by atoms with E-state index in [0.717, 1.165) is 14.8 Å². The smallest absolute Gasteiger partial charge is 0.0238 e. The second-order valence-corrected chi connectivity index (χ2v) is 6.64. The molecule has 0 aromatic rings. The zero-order valence-electron chi connectivity index (χ0n) is 6.78. The van der Waals surface area contributed by atoms with Crippen LogP contribution in [0.15, 0.2) is 0 Å². The lowest BCUT2D eigenvalue weighted by atomic mass is 9.40. The number of hydrogen-bond acceptors (Lipinski definition) is 0. The molecule has 0 aromatic carbocycles. The van der Waals surface area contributed by atoms with Crippen LogP contribution in [-0.4, -0.2) is 3.42 Å². The number of alkyl halides is 1. The number of rotatable bonds is 2. The molecule has 10 heavy (non-hydrogen) atoms. The standard InChI is InChI=1S/C9H15I/c1-3-7(2)8-4-9(10,5-8)6-8/h7H,3-6H2,1-2H3. The van der Waals surface area contributed by atoms with E-state index in [4.69, 9.17) is 0 Å². The third-order valence-electron chi connectivity index (χ3n) is 3.66. The van der Waals surface area contributed by atoms with Crippen molar-refractivity contribution in [3.8, 4) is 0 Å². The lowest BCUT2D eigenvalue weighted by molar-refractivity contribution is -0.109. The van der Waals surface area contributed by atoms with Gasteiger partial charge < -0.3 is 0 Å². The van der Waals surface area contributed by atoms with E-state index in [-0.39, 0.29) is 0 Å². The molecule has 1 heteroatoms. The molecule has 3 aliphatic carbocycles. The maximum atomic E-state index is 2.65. The topological polar surface area (TPSA) is 0 Å². The van der Waals surface area contributed by atoms with Crippen LogP contribution in [0.1, 0.15) is 39.5 Å². The van der Waals surface area contributed by atoms with E-state index in [9.17, 15) is 0 Å². The molecule has 1 unspecified atom stereocenters. The highest BCUT2D eigenvalue weighted by Crippen LogP contribution is 2.75. The molecule has 3 fully saturated rings. The Bertz CT molecular complexity index is 142. The Balaban J connectivity index is 1.98. The van der Waals surface area contributed by atoms with Gasteiger partial charge in [0.05, 0.1) is 0 Å². The van der Waals surface area contributed by atoms with E-state index in [2.05, 4.69) is 36.4 Å². The Labute approximate surface area is 76.9 Å². The minimum Gasteiger partial charge on any atom is -0.0788 e. The van der Waals surface area contributed by atoms with Crippen LogP contribution < -0.4 is 0 Å². The predicted octanol–water partition coefficient (Wildman–Crippen LogP) is 3.39. The lowest BCUT2D eigenvalue weighted by Gasteiger charge is -2.71. The van der Waals surface area contributed by atoms with E-state index in [0.29, 0.717) is 0 Å². The van der Waals surface area contributed by atoms with Crippen LogP contribution in [0.4, 0.5) is 0 Å². The minimum atomic E-state index is 0.779. The average molecular weight is 250 g/mol. The van der Waals surface area contributed by atoms with Crippen molar-refractivity contribution in [1.82, 2.24) is 0 Å². The van der Waals surface area contributed by atoms with Gasteiger partial charge in [-0.15, -0.1) is 0 Å². The van der Waals surface area contributed by atoms with E-state index < -0.39 is 0 Å². The van der Waals surface area contributed by atoms with Gasteiger partial charge in [-0.1, -0.05) is 42.9 Å². The van der Waals surface area contributed by atoms with Crippen molar-refractivity contribution in [1.29, 1.82) is 0 Å². The molecule has 0 saturated heterocycles. The fourth-order valence-electron chi connectivity index (χ4n) is 2.69. The number of halogens is 1. The summed E-state index contributed by atoms with van der Waals surface area (Å²) in [5, 5.41) is 0. The summed E-state index contributed by atoms with van der Waals surface area (Å²) in [7, 11) is 0. The highest BCUT2D eigenvalue weighted by atomic mass is 127. The van der Waals surface area contributed by atoms with Crippen molar-refractivity contribution in [2.75, 3.05) is 0 Å². The molecule has 3 rings (SSSR count). The first-order valence-electron chi connectivity index (χ1n) is 4.29. The summed E-state index contributed by atoms with van der Waals surface area (Å²) in [6, 6.07) is 0. The second kappa shape index (κ2) is 1.90. The third kappa shape index (κ3) is 0.730. The highest BCUT2D eigenvalue weighted by molar-refractivity contribution is 14.1. The Hall–Kier alpha value is 0.730. The van der Waals surface area contributed by atoms with Crippen LogP contribution >= 0.6 is 22.6 Å². The molecule has 0 spiro atoms. The van der Waals surface area contributed by atoms with Crippen LogP contribution in [0.5, 0.6) is 0 Å². The maximum absolute atomic E-state index is 2.65. The van der Waals surface area contributed by atoms with Gasteiger partial charge in [0.25, 0.3) is 0 Å². The fraction of sp³-hybridized carbons (Fsp3) is 1.00. The number of hydrogen-bond donors (Lipinski definition) is 0. The van der Waals surface area contributed by atoms with E-state index in [1.54, 1.807) is 0 Å². The van der Waals surface area contributed by atoms with Gasteiger partial charge in [-0.3, -0.25) is 0 Å². The van der Waals surface area contributed by atoms with Crippen LogP contribution in [0.2, 0.25) is 0 Å². The molecule has 0 nitrogen and oxygen atoms in total. The first kappa shape index (κ1) is 7.38. The first-order chi connectivity index (χ1) is 4.60. The summed E-state index contributed by atoms with van der Waals surface area (Å²) >= 11 is 2.65. The van der Waals surface area contributed by atoms with Crippen molar-refractivity contribution >= 4 is 22.6 Å². The van der Waals surface area contributed by atoms with E-state index in [1.807, 2.05) is 0 Å². The fourth-order valence-corrected chi connectivity index (χ4v) is 4.97. The van der Waals surface area contributed by atoms with Gasteiger partial charge in [0.1, 0.15) is 0 Å². The molecular weight excluding hydrogens is 235 g/mol. The minimum absolute atomic E-state index is 0.779. The van der Waals surface area contributed by atoms with Gasteiger partial charge in [0.2, 0.25) is 0 Å². The Morgan fingerprint density at radius 2 is 1.90 bits per heavy atom. The molecule has 3 aliphatic rings. The van der Waals surface area contributed by atoms with Gasteiger partial charge in [-0.2, -0.15) is 0 Å². The summed E-state index contributed by atoms with van der Waals surface area (Å²) in [5.41, 5.74) is 0.829. The van der Waals surface area contributed by atoms with Crippen LogP contribution in [0.25, 0.3) is 0 Å². The zero-order chi connectivity index (χ0) is 7.41. The molecule has 0 heterocycles. The van der Waals surface area contributed by atoms with Crippen molar-refractivity contribution in [3.05, 3.63) is 0 Å². The van der Waals surface area contributed by atoms with Crippen molar-refractivity contribution in [3.63, 3.8) is 0 Å². The van der Waals surface area contributed by atoms with Gasteiger partial charge in [0.15, 0.2) is 0 Å². The summed E-state index contributed by atoms with van der Waals surface area (Å²) in [4.78, 5) is 0. The summed E-state index contributed by atoms with van der Waals surface area (Å²) in [6.07, 6.45) is 5.95. The van der Waals surface area contributed by atoms with Crippen molar-refractivity contribution < 1.29 is 0 Å². The third-order valence-corrected chi connectivity index (χ3v) is 4.81.